The van der Waals surface area contributed by atoms with Crippen LogP contribution in [0.1, 0.15) is 24.9 Å². The summed E-state index contributed by atoms with van der Waals surface area (Å²) in [5, 5.41) is 10.5. The van der Waals surface area contributed by atoms with E-state index < -0.39 is 12.1 Å². The van der Waals surface area contributed by atoms with Gasteiger partial charge in [-0.05, 0) is 24.1 Å². The zero-order valence-corrected chi connectivity index (χ0v) is 10.6. The molecule has 0 amide bonds. The molecule has 0 bridgehead atoms. The van der Waals surface area contributed by atoms with Crippen molar-refractivity contribution in [3.63, 3.8) is 0 Å². The second kappa shape index (κ2) is 6.56. The molecule has 0 spiro atoms. The second-order valence-corrected chi connectivity index (χ2v) is 3.99. The lowest BCUT2D eigenvalue weighted by atomic mass is 10.0. The summed E-state index contributed by atoms with van der Waals surface area (Å²) >= 11 is 11.6. The fourth-order valence-corrected chi connectivity index (χ4v) is 1.50. The fourth-order valence-electron chi connectivity index (χ4n) is 1.20. The van der Waals surface area contributed by atoms with E-state index in [1.165, 1.54) is 0 Å². The minimum atomic E-state index is -0.549. The lowest BCUT2D eigenvalue weighted by molar-refractivity contribution is 0.141. The number of hydrogen-bond acceptors (Lipinski definition) is 2. The monoisotopic (exact) mass is 269 g/mol. The second-order valence-electron chi connectivity index (χ2n) is 3.17. The minimum Gasteiger partial charge on any atom is -0.391 e. The highest BCUT2D eigenvalue weighted by Crippen LogP contribution is 2.26. The van der Waals surface area contributed by atoms with Crippen molar-refractivity contribution in [2.75, 3.05) is 0 Å². The maximum absolute atomic E-state index is 9.54. The molecule has 1 aromatic rings. The Morgan fingerprint density at radius 3 is 2.40 bits per heavy atom. The van der Waals surface area contributed by atoms with E-state index in [0.29, 0.717) is 16.5 Å². The average Bonchev–Trinajstić information content (AvgIpc) is 2.20. The molecule has 15 heavy (non-hydrogen) atoms. The molecule has 0 saturated carbocycles. The molecule has 0 fully saturated rings. The first-order valence-corrected chi connectivity index (χ1v) is 5.20. The molecule has 0 unspecified atom stereocenters. The largest absolute Gasteiger partial charge is 0.391 e. The van der Waals surface area contributed by atoms with E-state index in [4.69, 9.17) is 28.9 Å². The van der Waals surface area contributed by atoms with Crippen LogP contribution in [0.4, 0.5) is 0 Å². The van der Waals surface area contributed by atoms with E-state index in [1.54, 1.807) is 18.2 Å². The van der Waals surface area contributed by atoms with Crippen LogP contribution in [0.3, 0.4) is 0 Å². The smallest absolute Gasteiger partial charge is 0.0730 e. The van der Waals surface area contributed by atoms with E-state index in [2.05, 4.69) is 0 Å². The molecule has 5 heteroatoms. The number of hydrogen-bond donors (Lipinski definition) is 2. The summed E-state index contributed by atoms with van der Waals surface area (Å²) in [6.45, 7) is 1.88. The van der Waals surface area contributed by atoms with Crippen molar-refractivity contribution in [3.8, 4) is 0 Å². The predicted molar refractivity (Wildman–Crippen MR) is 66.9 cm³/mol. The molecule has 0 heterocycles. The van der Waals surface area contributed by atoms with Crippen LogP contribution in [0.2, 0.25) is 10.0 Å². The molecule has 3 N–H and O–H groups in total. The molecule has 0 aliphatic carbocycles. The first-order valence-electron chi connectivity index (χ1n) is 4.44. The molecule has 1 rings (SSSR count). The normalized spacial score (nSPS) is 14.2. The third kappa shape index (κ3) is 3.82. The van der Waals surface area contributed by atoms with Crippen LogP contribution in [0, 0.1) is 0 Å². The van der Waals surface area contributed by atoms with Crippen molar-refractivity contribution < 1.29 is 5.11 Å². The maximum Gasteiger partial charge on any atom is 0.0730 e. The van der Waals surface area contributed by atoms with E-state index in [0.717, 1.165) is 5.56 Å². The van der Waals surface area contributed by atoms with Crippen LogP contribution in [-0.4, -0.2) is 11.2 Å². The third-order valence-corrected chi connectivity index (χ3v) is 2.90. The molecule has 2 atom stereocenters. The van der Waals surface area contributed by atoms with Crippen molar-refractivity contribution in [1.82, 2.24) is 0 Å². The number of aliphatic hydroxyl groups excluding tert-OH is 1. The van der Waals surface area contributed by atoms with Crippen LogP contribution in [-0.2, 0) is 0 Å². The highest BCUT2D eigenvalue weighted by Gasteiger charge is 2.15. The van der Waals surface area contributed by atoms with Gasteiger partial charge in [0.25, 0.3) is 0 Å². The summed E-state index contributed by atoms with van der Waals surface area (Å²) < 4.78 is 0. The standard InChI is InChI=1S/C10H13Cl2NO.ClH/c1-2-9(14)10(13)6-3-4-7(11)8(12)5-6;/h3-5,9-10,14H,2,13H2,1H3;1H/t9-,10+;/m0./s1. The van der Waals surface area contributed by atoms with Gasteiger partial charge in [-0.25, -0.2) is 0 Å². The van der Waals surface area contributed by atoms with E-state index >= 15 is 0 Å². The Morgan fingerprint density at radius 1 is 1.33 bits per heavy atom. The molecule has 86 valence electrons. The number of nitrogens with two attached hydrogens (primary N) is 1. The van der Waals surface area contributed by atoms with Crippen molar-refractivity contribution in [3.05, 3.63) is 33.8 Å². The molecular formula is C10H14Cl3NO. The third-order valence-electron chi connectivity index (χ3n) is 2.16. The van der Waals surface area contributed by atoms with Crippen molar-refractivity contribution >= 4 is 35.6 Å². The van der Waals surface area contributed by atoms with Crippen LogP contribution in [0.25, 0.3) is 0 Å². The number of aliphatic hydroxyl groups is 1. The Morgan fingerprint density at radius 2 is 1.93 bits per heavy atom. The predicted octanol–water partition coefficient (Wildman–Crippen LogP) is 3.19. The van der Waals surface area contributed by atoms with Gasteiger partial charge >= 0.3 is 0 Å². The van der Waals surface area contributed by atoms with Gasteiger partial charge in [-0.15, -0.1) is 12.4 Å². The van der Waals surface area contributed by atoms with Gasteiger partial charge in [-0.3, -0.25) is 0 Å². The van der Waals surface area contributed by atoms with E-state index in [9.17, 15) is 5.11 Å². The highest BCUT2D eigenvalue weighted by atomic mass is 35.5. The van der Waals surface area contributed by atoms with Crippen molar-refractivity contribution in [2.45, 2.75) is 25.5 Å². The molecule has 0 aliphatic heterocycles. The summed E-state index contributed by atoms with van der Waals surface area (Å²) in [6, 6.07) is 4.74. The summed E-state index contributed by atoms with van der Waals surface area (Å²) in [5.41, 5.74) is 6.62. The summed E-state index contributed by atoms with van der Waals surface area (Å²) in [6.07, 6.45) is 0.0637. The minimum absolute atomic E-state index is 0. The molecule has 0 radical (unpaired) electrons. The lowest BCUT2D eigenvalue weighted by Crippen LogP contribution is -2.25. The van der Waals surface area contributed by atoms with E-state index in [1.807, 2.05) is 6.92 Å². The molecule has 0 saturated heterocycles. The summed E-state index contributed by atoms with van der Waals surface area (Å²) in [4.78, 5) is 0. The van der Waals surface area contributed by atoms with Gasteiger partial charge in [0.15, 0.2) is 0 Å². The highest BCUT2D eigenvalue weighted by molar-refractivity contribution is 6.42. The summed E-state index contributed by atoms with van der Waals surface area (Å²) in [5.74, 6) is 0. The quantitative estimate of drug-likeness (QED) is 0.886. The first-order chi connectivity index (χ1) is 6.56. The molecule has 0 aromatic heterocycles. The van der Waals surface area contributed by atoms with Gasteiger partial charge < -0.3 is 10.8 Å². The van der Waals surface area contributed by atoms with Gasteiger partial charge in [0, 0.05) is 0 Å². The summed E-state index contributed by atoms with van der Waals surface area (Å²) in [7, 11) is 0. The maximum atomic E-state index is 9.54. The Bertz CT molecular complexity index is 320. The van der Waals surface area contributed by atoms with Gasteiger partial charge in [-0.2, -0.15) is 0 Å². The van der Waals surface area contributed by atoms with E-state index in [-0.39, 0.29) is 12.4 Å². The SMILES string of the molecule is CC[C@H](O)[C@H](N)c1ccc(Cl)c(Cl)c1.Cl. The number of halogens is 3. The molecule has 1 aromatic carbocycles. The Kier molecular flexibility index (Phi) is 6.57. The Hall–Kier alpha value is 0.01000. The molecule has 0 aliphatic rings. The van der Waals surface area contributed by atoms with Crippen LogP contribution in [0.5, 0.6) is 0 Å². The molecule has 2 nitrogen and oxygen atoms in total. The zero-order valence-electron chi connectivity index (χ0n) is 8.28. The van der Waals surface area contributed by atoms with Gasteiger partial charge in [0.2, 0.25) is 0 Å². The fraction of sp³-hybridized carbons (Fsp3) is 0.400. The topological polar surface area (TPSA) is 46.2 Å². The lowest BCUT2D eigenvalue weighted by Gasteiger charge is -2.17. The Balaban J connectivity index is 0.00000196. The Labute approximate surface area is 106 Å². The van der Waals surface area contributed by atoms with Gasteiger partial charge in [-0.1, -0.05) is 36.2 Å². The van der Waals surface area contributed by atoms with Crippen molar-refractivity contribution in [1.29, 1.82) is 0 Å². The van der Waals surface area contributed by atoms with Crippen molar-refractivity contribution in [2.24, 2.45) is 5.73 Å². The van der Waals surface area contributed by atoms with Crippen LogP contribution < -0.4 is 5.73 Å². The zero-order chi connectivity index (χ0) is 10.7. The van der Waals surface area contributed by atoms with Gasteiger partial charge in [0.1, 0.15) is 0 Å². The average molecular weight is 271 g/mol. The van der Waals surface area contributed by atoms with Crippen LogP contribution >= 0.6 is 35.6 Å². The number of benzene rings is 1. The first kappa shape index (κ1) is 15.0. The number of rotatable bonds is 3. The molecular weight excluding hydrogens is 256 g/mol. The van der Waals surface area contributed by atoms with Gasteiger partial charge in [0.05, 0.1) is 22.2 Å². The van der Waals surface area contributed by atoms with Crippen LogP contribution in [0.15, 0.2) is 18.2 Å².